The SMILES string of the molecule is CC(C)CN1C(=O)/C(=C\c2ccc(Cl)cc2Cl)SC1=S. The molecular formula is C14H13Cl2NOS2. The van der Waals surface area contributed by atoms with Gasteiger partial charge in [-0.25, -0.2) is 0 Å². The number of hydrogen-bond donors (Lipinski definition) is 0. The van der Waals surface area contributed by atoms with Crippen molar-refractivity contribution in [1.82, 2.24) is 4.90 Å². The first-order valence-corrected chi connectivity index (χ1v) is 8.07. The summed E-state index contributed by atoms with van der Waals surface area (Å²) in [6.07, 6.45) is 1.76. The Labute approximate surface area is 138 Å². The van der Waals surface area contributed by atoms with Crippen LogP contribution in [0.3, 0.4) is 0 Å². The van der Waals surface area contributed by atoms with Crippen LogP contribution in [-0.4, -0.2) is 21.7 Å². The van der Waals surface area contributed by atoms with Gasteiger partial charge in [0.2, 0.25) is 0 Å². The zero-order valence-electron chi connectivity index (χ0n) is 11.0. The van der Waals surface area contributed by atoms with Gasteiger partial charge in [-0.1, -0.05) is 67.1 Å². The number of thioether (sulfide) groups is 1. The van der Waals surface area contributed by atoms with Crippen LogP contribution in [0.1, 0.15) is 19.4 Å². The Morgan fingerprint density at radius 1 is 1.40 bits per heavy atom. The normalized spacial score (nSPS) is 17.6. The summed E-state index contributed by atoms with van der Waals surface area (Å²) in [4.78, 5) is 14.6. The Bertz CT molecular complexity index is 599. The molecule has 106 valence electrons. The van der Waals surface area contributed by atoms with E-state index in [2.05, 4.69) is 13.8 Å². The molecule has 1 heterocycles. The molecule has 20 heavy (non-hydrogen) atoms. The molecule has 1 aromatic rings. The van der Waals surface area contributed by atoms with Crippen molar-refractivity contribution in [1.29, 1.82) is 0 Å². The van der Waals surface area contributed by atoms with E-state index in [0.29, 0.717) is 31.7 Å². The molecule has 0 atom stereocenters. The van der Waals surface area contributed by atoms with Gasteiger partial charge in [0, 0.05) is 16.6 Å². The number of hydrogen-bond acceptors (Lipinski definition) is 3. The van der Waals surface area contributed by atoms with Gasteiger partial charge in [-0.3, -0.25) is 9.69 Å². The van der Waals surface area contributed by atoms with Gasteiger partial charge in [-0.05, 0) is 29.7 Å². The van der Waals surface area contributed by atoms with Crippen LogP contribution in [0.2, 0.25) is 10.0 Å². The number of thiocarbonyl (C=S) groups is 1. The molecule has 0 bridgehead atoms. The molecule has 2 rings (SSSR count). The highest BCUT2D eigenvalue weighted by atomic mass is 35.5. The fourth-order valence-electron chi connectivity index (χ4n) is 1.78. The maximum atomic E-state index is 12.3. The van der Waals surface area contributed by atoms with E-state index in [-0.39, 0.29) is 5.91 Å². The van der Waals surface area contributed by atoms with Crippen molar-refractivity contribution in [2.75, 3.05) is 6.54 Å². The third kappa shape index (κ3) is 3.55. The van der Waals surface area contributed by atoms with Crippen LogP contribution < -0.4 is 0 Å². The maximum Gasteiger partial charge on any atom is 0.266 e. The van der Waals surface area contributed by atoms with Crippen molar-refractivity contribution in [3.05, 3.63) is 38.7 Å². The summed E-state index contributed by atoms with van der Waals surface area (Å²) in [5.74, 6) is 0.315. The minimum absolute atomic E-state index is 0.0558. The van der Waals surface area contributed by atoms with Crippen LogP contribution >= 0.6 is 47.2 Å². The summed E-state index contributed by atoms with van der Waals surface area (Å²) >= 11 is 18.5. The van der Waals surface area contributed by atoms with Crippen molar-refractivity contribution in [2.45, 2.75) is 13.8 Å². The van der Waals surface area contributed by atoms with E-state index < -0.39 is 0 Å². The van der Waals surface area contributed by atoms with Crippen molar-refractivity contribution >= 4 is 63.5 Å². The van der Waals surface area contributed by atoms with Crippen LogP contribution in [0.4, 0.5) is 0 Å². The van der Waals surface area contributed by atoms with Gasteiger partial charge in [0.25, 0.3) is 5.91 Å². The summed E-state index contributed by atoms with van der Waals surface area (Å²) in [6.45, 7) is 4.74. The molecule has 2 nitrogen and oxygen atoms in total. The Kier molecular flexibility index (Phi) is 5.13. The number of nitrogens with zero attached hydrogens (tertiary/aromatic N) is 1. The first kappa shape index (κ1) is 15.8. The predicted octanol–water partition coefficient (Wildman–Crippen LogP) is 4.85. The number of amides is 1. The molecule has 1 saturated heterocycles. The molecule has 0 saturated carbocycles. The molecule has 0 aromatic heterocycles. The van der Waals surface area contributed by atoms with Gasteiger partial charge in [-0.2, -0.15) is 0 Å². The molecule has 0 aliphatic carbocycles. The standard InChI is InChI=1S/C14H13Cl2NOS2/c1-8(2)7-17-13(18)12(20-14(17)19)5-9-3-4-10(15)6-11(9)16/h3-6,8H,7H2,1-2H3/b12-5+. The summed E-state index contributed by atoms with van der Waals surface area (Å²) in [6, 6.07) is 5.19. The number of halogens is 2. The van der Waals surface area contributed by atoms with Crippen LogP contribution in [0, 0.1) is 5.92 Å². The fraction of sp³-hybridized carbons (Fsp3) is 0.286. The second-order valence-corrected chi connectivity index (χ2v) is 7.37. The van der Waals surface area contributed by atoms with Gasteiger partial charge in [0.15, 0.2) is 0 Å². The molecule has 6 heteroatoms. The molecule has 0 radical (unpaired) electrons. The number of rotatable bonds is 3. The molecule has 1 fully saturated rings. The van der Waals surface area contributed by atoms with E-state index in [9.17, 15) is 4.79 Å². The number of benzene rings is 1. The van der Waals surface area contributed by atoms with E-state index in [1.54, 1.807) is 29.2 Å². The minimum atomic E-state index is -0.0558. The molecule has 1 amide bonds. The Hall–Kier alpha value is -0.550. The van der Waals surface area contributed by atoms with Crippen molar-refractivity contribution < 1.29 is 4.79 Å². The predicted molar refractivity (Wildman–Crippen MR) is 91.2 cm³/mol. The van der Waals surface area contributed by atoms with E-state index >= 15 is 0 Å². The lowest BCUT2D eigenvalue weighted by Crippen LogP contribution is -2.31. The molecule has 0 N–H and O–H groups in total. The zero-order chi connectivity index (χ0) is 14.9. The largest absolute Gasteiger partial charge is 0.293 e. The van der Waals surface area contributed by atoms with Crippen LogP contribution in [0.5, 0.6) is 0 Å². The van der Waals surface area contributed by atoms with Crippen LogP contribution in [0.15, 0.2) is 23.1 Å². The topological polar surface area (TPSA) is 20.3 Å². The van der Waals surface area contributed by atoms with Crippen molar-refractivity contribution in [3.63, 3.8) is 0 Å². The van der Waals surface area contributed by atoms with Gasteiger partial charge < -0.3 is 0 Å². The van der Waals surface area contributed by atoms with Crippen molar-refractivity contribution in [3.8, 4) is 0 Å². The second kappa shape index (κ2) is 6.48. The lowest BCUT2D eigenvalue weighted by atomic mass is 10.2. The summed E-state index contributed by atoms with van der Waals surface area (Å²) < 4.78 is 0.597. The first-order valence-electron chi connectivity index (χ1n) is 6.09. The molecule has 1 aliphatic heterocycles. The van der Waals surface area contributed by atoms with Crippen molar-refractivity contribution in [2.24, 2.45) is 5.92 Å². The first-order chi connectivity index (χ1) is 9.38. The van der Waals surface area contributed by atoms with E-state index in [1.807, 2.05) is 0 Å². The number of carbonyl (C=O) groups excluding carboxylic acids is 1. The highest BCUT2D eigenvalue weighted by Crippen LogP contribution is 2.34. The molecule has 1 aromatic carbocycles. The minimum Gasteiger partial charge on any atom is -0.293 e. The highest BCUT2D eigenvalue weighted by Gasteiger charge is 2.32. The smallest absolute Gasteiger partial charge is 0.266 e. The van der Waals surface area contributed by atoms with Crippen LogP contribution in [0.25, 0.3) is 6.08 Å². The quantitative estimate of drug-likeness (QED) is 0.576. The zero-order valence-corrected chi connectivity index (χ0v) is 14.2. The van der Waals surface area contributed by atoms with Gasteiger partial charge in [-0.15, -0.1) is 0 Å². The second-order valence-electron chi connectivity index (χ2n) is 4.85. The third-order valence-corrected chi connectivity index (χ3v) is 4.61. The van der Waals surface area contributed by atoms with Gasteiger partial charge in [0.1, 0.15) is 4.32 Å². The molecule has 0 unspecified atom stereocenters. The fourth-order valence-corrected chi connectivity index (χ4v) is 3.51. The molecule has 0 spiro atoms. The van der Waals surface area contributed by atoms with E-state index in [1.165, 1.54) is 11.8 Å². The lowest BCUT2D eigenvalue weighted by molar-refractivity contribution is -0.122. The van der Waals surface area contributed by atoms with E-state index in [4.69, 9.17) is 35.4 Å². The molecular weight excluding hydrogens is 333 g/mol. The average molecular weight is 346 g/mol. The average Bonchev–Trinajstić information content (AvgIpc) is 2.60. The lowest BCUT2D eigenvalue weighted by Gasteiger charge is -2.16. The third-order valence-electron chi connectivity index (χ3n) is 2.67. The van der Waals surface area contributed by atoms with E-state index in [0.717, 1.165) is 5.56 Å². The Morgan fingerprint density at radius 3 is 2.70 bits per heavy atom. The van der Waals surface area contributed by atoms with Crippen LogP contribution in [-0.2, 0) is 4.79 Å². The monoisotopic (exact) mass is 345 g/mol. The van der Waals surface area contributed by atoms with Gasteiger partial charge >= 0.3 is 0 Å². The number of carbonyl (C=O) groups is 1. The summed E-state index contributed by atoms with van der Waals surface area (Å²) in [5, 5.41) is 1.09. The summed E-state index contributed by atoms with van der Waals surface area (Å²) in [7, 11) is 0. The highest BCUT2D eigenvalue weighted by molar-refractivity contribution is 8.26. The summed E-state index contributed by atoms with van der Waals surface area (Å²) in [5.41, 5.74) is 0.765. The Balaban J connectivity index is 2.27. The molecule has 1 aliphatic rings. The maximum absolute atomic E-state index is 12.3. The Morgan fingerprint density at radius 2 is 2.10 bits per heavy atom. The van der Waals surface area contributed by atoms with Gasteiger partial charge in [0.05, 0.1) is 4.91 Å².